The van der Waals surface area contributed by atoms with Crippen LogP contribution in [-0.2, 0) is 13.5 Å². The maximum absolute atomic E-state index is 11.9. The molecule has 3 rings (SSSR count). The van der Waals surface area contributed by atoms with Gasteiger partial charge in [-0.25, -0.2) is 4.68 Å². The van der Waals surface area contributed by atoms with Gasteiger partial charge in [0, 0.05) is 13.5 Å². The smallest absolute Gasteiger partial charge is 0.280 e. The number of fused-ring (bicyclic) bond motifs is 1. The Balaban J connectivity index is 1.79. The topological polar surface area (TPSA) is 90.5 Å². The maximum atomic E-state index is 11.9. The van der Waals surface area contributed by atoms with Gasteiger partial charge in [0.25, 0.3) is 5.91 Å². The Kier molecular flexibility index (Phi) is 2.77. The number of nitrogens with one attached hydrogen (secondary N) is 1. The Hall–Kier alpha value is -2.25. The van der Waals surface area contributed by atoms with E-state index in [-0.39, 0.29) is 11.6 Å². The lowest BCUT2D eigenvalue weighted by Crippen LogP contribution is -2.16. The highest BCUT2D eigenvalue weighted by Crippen LogP contribution is 2.23. The van der Waals surface area contributed by atoms with Crippen molar-refractivity contribution >= 4 is 11.9 Å². The van der Waals surface area contributed by atoms with Crippen LogP contribution in [0.1, 0.15) is 42.1 Å². The number of hydrogen-bond donors (Lipinski definition) is 1. The van der Waals surface area contributed by atoms with Crippen molar-refractivity contribution in [2.24, 2.45) is 7.05 Å². The first-order valence-corrected chi connectivity index (χ1v) is 6.26. The van der Waals surface area contributed by atoms with Gasteiger partial charge in [-0.05, 0) is 19.8 Å². The Morgan fingerprint density at radius 2 is 2.37 bits per heavy atom. The van der Waals surface area contributed by atoms with Crippen molar-refractivity contribution in [1.82, 2.24) is 29.8 Å². The van der Waals surface area contributed by atoms with Crippen molar-refractivity contribution < 1.29 is 4.79 Å². The summed E-state index contributed by atoms with van der Waals surface area (Å²) >= 11 is 0. The van der Waals surface area contributed by atoms with Crippen LogP contribution in [0, 0.1) is 0 Å². The molecular weight excluding hydrogens is 246 g/mol. The van der Waals surface area contributed by atoms with Crippen LogP contribution in [0.4, 0.5) is 5.95 Å². The second-order valence-electron chi connectivity index (χ2n) is 4.77. The highest BCUT2D eigenvalue weighted by molar-refractivity contribution is 6.01. The molecule has 0 aliphatic carbocycles. The van der Waals surface area contributed by atoms with Gasteiger partial charge in [-0.1, -0.05) is 5.21 Å². The lowest BCUT2D eigenvalue weighted by Gasteiger charge is -2.18. The first-order valence-electron chi connectivity index (χ1n) is 6.26. The first-order chi connectivity index (χ1) is 9.13. The van der Waals surface area contributed by atoms with Crippen LogP contribution in [0.3, 0.4) is 0 Å². The number of aromatic nitrogens is 6. The molecule has 0 radical (unpaired) electrons. The van der Waals surface area contributed by atoms with E-state index >= 15 is 0 Å². The fourth-order valence-corrected chi connectivity index (χ4v) is 2.23. The molecular formula is C11H15N7O. The summed E-state index contributed by atoms with van der Waals surface area (Å²) in [4.78, 5) is 16.2. The van der Waals surface area contributed by atoms with Crippen molar-refractivity contribution in [3.63, 3.8) is 0 Å². The summed E-state index contributed by atoms with van der Waals surface area (Å²) in [6.07, 6.45) is 4.65. The van der Waals surface area contributed by atoms with Gasteiger partial charge in [-0.3, -0.25) is 14.8 Å². The Morgan fingerprint density at radius 1 is 1.53 bits per heavy atom. The van der Waals surface area contributed by atoms with E-state index < -0.39 is 0 Å². The van der Waals surface area contributed by atoms with E-state index in [0.29, 0.717) is 12.0 Å². The number of nitrogens with zero attached hydrogens (tertiary/aromatic N) is 6. The molecule has 0 spiro atoms. The molecule has 3 heterocycles. The van der Waals surface area contributed by atoms with Gasteiger partial charge in [0.05, 0.1) is 12.2 Å². The fourth-order valence-electron chi connectivity index (χ4n) is 2.23. The number of amides is 1. The monoisotopic (exact) mass is 261 g/mol. The molecule has 0 fully saturated rings. The molecule has 8 nitrogen and oxygen atoms in total. The van der Waals surface area contributed by atoms with Gasteiger partial charge in [-0.2, -0.15) is 4.98 Å². The van der Waals surface area contributed by atoms with Crippen LogP contribution >= 0.6 is 0 Å². The average molecular weight is 261 g/mol. The Morgan fingerprint density at radius 3 is 3.05 bits per heavy atom. The van der Waals surface area contributed by atoms with E-state index in [2.05, 4.69) is 32.6 Å². The van der Waals surface area contributed by atoms with E-state index in [9.17, 15) is 4.79 Å². The second kappa shape index (κ2) is 4.45. The van der Waals surface area contributed by atoms with Crippen molar-refractivity contribution in [3.8, 4) is 0 Å². The van der Waals surface area contributed by atoms with Crippen LogP contribution in [0.5, 0.6) is 0 Å². The third kappa shape index (κ3) is 2.20. The molecule has 100 valence electrons. The largest absolute Gasteiger partial charge is 0.288 e. The molecule has 2 aromatic heterocycles. The third-order valence-electron chi connectivity index (χ3n) is 3.20. The van der Waals surface area contributed by atoms with Crippen molar-refractivity contribution in [1.29, 1.82) is 0 Å². The van der Waals surface area contributed by atoms with E-state index in [1.54, 1.807) is 13.2 Å². The number of carbonyl (C=O) groups is 1. The quantitative estimate of drug-likeness (QED) is 0.852. The highest BCUT2D eigenvalue weighted by Gasteiger charge is 2.21. The first kappa shape index (κ1) is 11.8. The summed E-state index contributed by atoms with van der Waals surface area (Å²) in [7, 11) is 1.71. The van der Waals surface area contributed by atoms with Crippen LogP contribution in [0.25, 0.3) is 0 Å². The third-order valence-corrected chi connectivity index (χ3v) is 3.20. The zero-order valence-corrected chi connectivity index (χ0v) is 10.9. The van der Waals surface area contributed by atoms with Gasteiger partial charge < -0.3 is 0 Å². The molecule has 0 saturated carbocycles. The molecule has 2 aromatic rings. The number of anilines is 1. The maximum Gasteiger partial charge on any atom is 0.280 e. The summed E-state index contributed by atoms with van der Waals surface area (Å²) in [5.74, 6) is 0.913. The summed E-state index contributed by atoms with van der Waals surface area (Å²) in [6, 6.07) is 0.332. The Labute approximate surface area is 109 Å². The van der Waals surface area contributed by atoms with E-state index in [4.69, 9.17) is 0 Å². The van der Waals surface area contributed by atoms with Crippen molar-refractivity contribution in [2.75, 3.05) is 5.32 Å². The summed E-state index contributed by atoms with van der Waals surface area (Å²) in [6.45, 7) is 2.10. The second-order valence-corrected chi connectivity index (χ2v) is 4.77. The SMILES string of the molecule is CC1CCCc2nc(NC(=O)c3cn(C)nn3)nn21. The summed E-state index contributed by atoms with van der Waals surface area (Å²) in [5, 5.41) is 14.4. The zero-order chi connectivity index (χ0) is 13.4. The average Bonchev–Trinajstić information content (AvgIpc) is 2.96. The van der Waals surface area contributed by atoms with Gasteiger partial charge in [0.2, 0.25) is 5.95 Å². The van der Waals surface area contributed by atoms with Gasteiger partial charge in [0.15, 0.2) is 5.69 Å². The van der Waals surface area contributed by atoms with E-state index in [1.165, 1.54) is 4.68 Å². The summed E-state index contributed by atoms with van der Waals surface area (Å²) in [5.41, 5.74) is 0.253. The molecule has 1 aliphatic rings. The Bertz CT molecular complexity index is 614. The van der Waals surface area contributed by atoms with Gasteiger partial charge in [0.1, 0.15) is 5.82 Å². The molecule has 1 unspecified atom stereocenters. The van der Waals surface area contributed by atoms with E-state index in [1.807, 2.05) is 4.68 Å². The van der Waals surface area contributed by atoms with Crippen LogP contribution in [0.15, 0.2) is 6.20 Å². The van der Waals surface area contributed by atoms with Gasteiger partial charge >= 0.3 is 0 Å². The molecule has 0 saturated heterocycles. The predicted octanol–water partition coefficient (Wildman–Crippen LogP) is 0.556. The van der Waals surface area contributed by atoms with Crippen LogP contribution in [0.2, 0.25) is 0 Å². The standard InChI is InChI=1S/C11H15N7O/c1-7-4-3-5-9-12-11(15-18(7)9)13-10(19)8-6-17(2)16-14-8/h6-7H,3-5H2,1-2H3,(H,13,15,19). The minimum Gasteiger partial charge on any atom is -0.288 e. The molecule has 19 heavy (non-hydrogen) atoms. The number of carbonyl (C=O) groups excluding carboxylic acids is 1. The normalized spacial score (nSPS) is 18.1. The zero-order valence-electron chi connectivity index (χ0n) is 10.9. The number of rotatable bonds is 2. The molecule has 0 bridgehead atoms. The minimum atomic E-state index is -0.344. The lowest BCUT2D eigenvalue weighted by atomic mass is 10.1. The van der Waals surface area contributed by atoms with Crippen molar-refractivity contribution in [2.45, 2.75) is 32.2 Å². The highest BCUT2D eigenvalue weighted by atomic mass is 16.2. The van der Waals surface area contributed by atoms with E-state index in [0.717, 1.165) is 25.1 Å². The molecule has 8 heteroatoms. The van der Waals surface area contributed by atoms with Gasteiger partial charge in [-0.15, -0.1) is 10.2 Å². The molecule has 1 aliphatic heterocycles. The minimum absolute atomic E-state index is 0.253. The van der Waals surface area contributed by atoms with Crippen LogP contribution < -0.4 is 5.32 Å². The molecule has 1 N–H and O–H groups in total. The number of hydrogen-bond acceptors (Lipinski definition) is 5. The molecule has 0 aromatic carbocycles. The fraction of sp³-hybridized carbons (Fsp3) is 0.545. The number of aryl methyl sites for hydroxylation is 2. The summed E-state index contributed by atoms with van der Waals surface area (Å²) < 4.78 is 3.36. The molecule has 1 amide bonds. The molecule has 1 atom stereocenters. The predicted molar refractivity (Wildman–Crippen MR) is 66.6 cm³/mol. The lowest BCUT2D eigenvalue weighted by molar-refractivity contribution is 0.102. The van der Waals surface area contributed by atoms with Crippen LogP contribution in [-0.4, -0.2) is 35.7 Å². The van der Waals surface area contributed by atoms with Crippen molar-refractivity contribution in [3.05, 3.63) is 17.7 Å².